The summed E-state index contributed by atoms with van der Waals surface area (Å²) in [7, 11) is 0. The second kappa shape index (κ2) is 6.84. The van der Waals surface area contributed by atoms with Crippen LogP contribution in [0, 0.1) is 19.3 Å². The number of aromatic nitrogens is 1. The summed E-state index contributed by atoms with van der Waals surface area (Å²) in [6, 6.07) is 15.4. The number of hydrogen-bond acceptors (Lipinski definition) is 2. The number of nitrogens with one attached hydrogen (secondary N) is 1. The Morgan fingerprint density at radius 1 is 1.25 bits per heavy atom. The van der Waals surface area contributed by atoms with Crippen molar-refractivity contribution >= 4 is 23.0 Å². The average molecular weight is 315 g/mol. The molecule has 2 aromatic carbocycles. The van der Waals surface area contributed by atoms with Gasteiger partial charge in [0.15, 0.2) is 0 Å². The lowest BCUT2D eigenvalue weighted by Gasteiger charge is -2.02. The molecule has 24 heavy (non-hydrogen) atoms. The minimum Gasteiger partial charge on any atom is -0.335 e. The molecule has 0 spiro atoms. The first kappa shape index (κ1) is 15.6. The van der Waals surface area contributed by atoms with Crippen molar-refractivity contribution in [3.63, 3.8) is 0 Å². The van der Waals surface area contributed by atoms with Crippen LogP contribution in [0.5, 0.6) is 0 Å². The molecule has 0 aliphatic carbocycles. The molecule has 0 unspecified atom stereocenters. The van der Waals surface area contributed by atoms with Gasteiger partial charge in [-0.15, -0.1) is 6.42 Å². The lowest BCUT2D eigenvalue weighted by molar-refractivity contribution is 0.0954. The van der Waals surface area contributed by atoms with E-state index < -0.39 is 0 Å². The molecule has 0 bridgehead atoms. The van der Waals surface area contributed by atoms with Gasteiger partial charge in [-0.05, 0) is 24.6 Å². The van der Waals surface area contributed by atoms with Gasteiger partial charge in [-0.25, -0.2) is 5.43 Å². The molecule has 3 aromatic rings. The van der Waals surface area contributed by atoms with E-state index >= 15 is 0 Å². The molecule has 1 aromatic heterocycles. The van der Waals surface area contributed by atoms with Crippen molar-refractivity contribution in [1.82, 2.24) is 9.99 Å². The van der Waals surface area contributed by atoms with Gasteiger partial charge in [0.25, 0.3) is 5.91 Å². The maximum absolute atomic E-state index is 12.2. The van der Waals surface area contributed by atoms with Crippen LogP contribution in [-0.2, 0) is 6.54 Å². The monoisotopic (exact) mass is 315 g/mol. The summed E-state index contributed by atoms with van der Waals surface area (Å²) in [5, 5.41) is 5.14. The smallest absolute Gasteiger partial charge is 0.271 e. The topological polar surface area (TPSA) is 46.4 Å². The molecule has 4 heteroatoms. The zero-order valence-corrected chi connectivity index (χ0v) is 13.4. The molecule has 3 rings (SSSR count). The maximum atomic E-state index is 12.2. The third kappa shape index (κ3) is 3.06. The average Bonchev–Trinajstić information content (AvgIpc) is 2.94. The quantitative estimate of drug-likeness (QED) is 0.448. The van der Waals surface area contributed by atoms with E-state index in [1.807, 2.05) is 60.2 Å². The van der Waals surface area contributed by atoms with Crippen LogP contribution >= 0.6 is 0 Å². The van der Waals surface area contributed by atoms with Crippen molar-refractivity contribution in [3.8, 4) is 12.3 Å². The zero-order chi connectivity index (χ0) is 16.9. The fourth-order valence-electron chi connectivity index (χ4n) is 2.66. The molecule has 0 aliphatic heterocycles. The van der Waals surface area contributed by atoms with Gasteiger partial charge in [0.05, 0.1) is 12.8 Å². The maximum Gasteiger partial charge on any atom is 0.271 e. The highest BCUT2D eigenvalue weighted by Gasteiger charge is 2.08. The van der Waals surface area contributed by atoms with Crippen LogP contribution in [0.4, 0.5) is 0 Å². The Morgan fingerprint density at radius 3 is 2.79 bits per heavy atom. The van der Waals surface area contributed by atoms with Crippen LogP contribution in [0.2, 0.25) is 0 Å². The lowest BCUT2D eigenvalue weighted by atomic mass is 10.1. The van der Waals surface area contributed by atoms with Crippen molar-refractivity contribution in [2.75, 3.05) is 0 Å². The molecular formula is C20H17N3O. The molecule has 0 saturated carbocycles. The summed E-state index contributed by atoms with van der Waals surface area (Å²) < 4.78 is 1.99. The van der Waals surface area contributed by atoms with Crippen molar-refractivity contribution in [2.24, 2.45) is 5.10 Å². The third-order valence-electron chi connectivity index (χ3n) is 3.84. The minimum atomic E-state index is -0.225. The summed E-state index contributed by atoms with van der Waals surface area (Å²) in [5.41, 5.74) is 6.06. The van der Waals surface area contributed by atoms with E-state index in [2.05, 4.69) is 16.4 Å². The fourth-order valence-corrected chi connectivity index (χ4v) is 2.66. The first-order valence-corrected chi connectivity index (χ1v) is 7.61. The Hall–Kier alpha value is -3.32. The number of terminal acetylenes is 1. The van der Waals surface area contributed by atoms with E-state index in [9.17, 15) is 4.79 Å². The zero-order valence-electron chi connectivity index (χ0n) is 13.4. The van der Waals surface area contributed by atoms with E-state index in [-0.39, 0.29) is 5.91 Å². The van der Waals surface area contributed by atoms with Gasteiger partial charge in [-0.2, -0.15) is 5.10 Å². The van der Waals surface area contributed by atoms with Crippen molar-refractivity contribution in [3.05, 3.63) is 71.4 Å². The number of benzene rings is 2. The fraction of sp³-hybridized carbons (Fsp3) is 0.100. The number of amides is 1. The number of hydrazone groups is 1. The van der Waals surface area contributed by atoms with Crippen molar-refractivity contribution < 1.29 is 4.79 Å². The van der Waals surface area contributed by atoms with Crippen LogP contribution in [0.25, 0.3) is 10.9 Å². The number of nitrogens with zero attached hydrogens (tertiary/aromatic N) is 2. The SMILES string of the molecule is C#CCn1cc(/C=N\NC(=O)c2ccccc2C)c2ccccc21. The van der Waals surface area contributed by atoms with Crippen LogP contribution in [0.3, 0.4) is 0 Å². The number of carbonyl (C=O) groups excluding carboxylic acids is 1. The normalized spacial score (nSPS) is 10.8. The summed E-state index contributed by atoms with van der Waals surface area (Å²) >= 11 is 0. The predicted molar refractivity (Wildman–Crippen MR) is 97.0 cm³/mol. The highest BCUT2D eigenvalue weighted by molar-refractivity contribution is 6.00. The highest BCUT2D eigenvalue weighted by atomic mass is 16.2. The van der Waals surface area contributed by atoms with Gasteiger partial charge in [0, 0.05) is 28.2 Å². The largest absolute Gasteiger partial charge is 0.335 e. The van der Waals surface area contributed by atoms with Crippen molar-refractivity contribution in [1.29, 1.82) is 0 Å². The first-order chi connectivity index (χ1) is 11.7. The van der Waals surface area contributed by atoms with Crippen LogP contribution in [0.15, 0.2) is 59.8 Å². The van der Waals surface area contributed by atoms with Gasteiger partial charge in [-0.1, -0.05) is 42.3 Å². The van der Waals surface area contributed by atoms with Crippen LogP contribution < -0.4 is 5.43 Å². The Balaban J connectivity index is 1.83. The molecule has 1 heterocycles. The lowest BCUT2D eigenvalue weighted by Crippen LogP contribution is -2.18. The van der Waals surface area contributed by atoms with Gasteiger partial charge in [0.1, 0.15) is 0 Å². The second-order valence-corrected chi connectivity index (χ2v) is 5.45. The minimum absolute atomic E-state index is 0.225. The van der Waals surface area contributed by atoms with Gasteiger partial charge in [0.2, 0.25) is 0 Å². The van der Waals surface area contributed by atoms with E-state index in [0.717, 1.165) is 22.0 Å². The van der Waals surface area contributed by atoms with Gasteiger partial charge in [-0.3, -0.25) is 4.79 Å². The molecule has 118 valence electrons. The van der Waals surface area contributed by atoms with E-state index in [1.54, 1.807) is 12.3 Å². The van der Waals surface area contributed by atoms with E-state index in [1.165, 1.54) is 0 Å². The Labute approximate surface area is 140 Å². The molecule has 0 atom stereocenters. The number of fused-ring (bicyclic) bond motifs is 1. The summed E-state index contributed by atoms with van der Waals surface area (Å²) in [5.74, 6) is 2.41. The Kier molecular flexibility index (Phi) is 4.44. The Bertz CT molecular complexity index is 960. The number of para-hydroxylation sites is 1. The number of hydrogen-bond donors (Lipinski definition) is 1. The van der Waals surface area contributed by atoms with Crippen molar-refractivity contribution in [2.45, 2.75) is 13.5 Å². The Morgan fingerprint density at radius 2 is 2.00 bits per heavy atom. The van der Waals surface area contributed by atoms with E-state index in [4.69, 9.17) is 6.42 Å². The third-order valence-corrected chi connectivity index (χ3v) is 3.84. The number of aryl methyl sites for hydroxylation is 1. The molecule has 0 fully saturated rings. The second-order valence-electron chi connectivity index (χ2n) is 5.45. The molecule has 0 aliphatic rings. The molecule has 4 nitrogen and oxygen atoms in total. The highest BCUT2D eigenvalue weighted by Crippen LogP contribution is 2.19. The number of rotatable bonds is 4. The molecule has 1 amide bonds. The first-order valence-electron chi connectivity index (χ1n) is 7.61. The molecule has 1 N–H and O–H groups in total. The van der Waals surface area contributed by atoms with Gasteiger partial charge < -0.3 is 4.57 Å². The molecular weight excluding hydrogens is 298 g/mol. The number of carbonyl (C=O) groups is 1. The predicted octanol–water partition coefficient (Wildman–Crippen LogP) is 3.35. The summed E-state index contributed by atoms with van der Waals surface area (Å²) in [6.07, 6.45) is 9.00. The van der Waals surface area contributed by atoms with Gasteiger partial charge >= 0.3 is 0 Å². The summed E-state index contributed by atoms with van der Waals surface area (Å²) in [4.78, 5) is 12.2. The van der Waals surface area contributed by atoms with Crippen LogP contribution in [-0.4, -0.2) is 16.7 Å². The molecule has 0 saturated heterocycles. The van der Waals surface area contributed by atoms with Crippen LogP contribution in [0.1, 0.15) is 21.5 Å². The molecule has 0 radical (unpaired) electrons. The summed E-state index contributed by atoms with van der Waals surface area (Å²) in [6.45, 7) is 2.38. The standard InChI is InChI=1S/C20H17N3O/c1-3-12-23-14-16(18-10-6-7-11-19(18)23)13-21-22-20(24)17-9-5-4-8-15(17)2/h1,4-11,13-14H,12H2,2H3,(H,22,24)/b21-13-. The van der Waals surface area contributed by atoms with E-state index in [0.29, 0.717) is 12.1 Å².